The van der Waals surface area contributed by atoms with Crippen LogP contribution in [0.25, 0.3) is 0 Å². The SMILES string of the molecule is CC(C)(CC(=O)O)C1(c2cc[nH]c2)COC1. The van der Waals surface area contributed by atoms with Crippen LogP contribution in [0.3, 0.4) is 0 Å². The summed E-state index contributed by atoms with van der Waals surface area (Å²) in [5.41, 5.74) is 0.676. The van der Waals surface area contributed by atoms with E-state index in [1.54, 1.807) is 0 Å². The Morgan fingerprint density at radius 3 is 2.69 bits per heavy atom. The molecule has 0 saturated carbocycles. The van der Waals surface area contributed by atoms with Crippen LogP contribution in [0.5, 0.6) is 0 Å². The highest BCUT2D eigenvalue weighted by atomic mass is 16.5. The van der Waals surface area contributed by atoms with Gasteiger partial charge in [0.2, 0.25) is 0 Å². The molecule has 4 heteroatoms. The zero-order valence-electron chi connectivity index (χ0n) is 9.62. The molecule has 1 fully saturated rings. The Balaban J connectivity index is 2.31. The van der Waals surface area contributed by atoms with Crippen LogP contribution >= 0.6 is 0 Å². The second-order valence-electron chi connectivity index (χ2n) is 5.13. The molecule has 0 aromatic carbocycles. The first-order valence-corrected chi connectivity index (χ1v) is 5.41. The lowest BCUT2D eigenvalue weighted by Crippen LogP contribution is -2.57. The van der Waals surface area contributed by atoms with Gasteiger partial charge in [0.05, 0.1) is 19.6 Å². The minimum atomic E-state index is -0.758. The molecule has 88 valence electrons. The predicted molar refractivity (Wildman–Crippen MR) is 59.3 cm³/mol. The first kappa shape index (κ1) is 11.2. The van der Waals surface area contributed by atoms with E-state index in [4.69, 9.17) is 9.84 Å². The molecule has 0 radical (unpaired) electrons. The molecule has 1 aromatic heterocycles. The Kier molecular flexibility index (Phi) is 2.54. The van der Waals surface area contributed by atoms with Gasteiger partial charge in [-0.25, -0.2) is 0 Å². The van der Waals surface area contributed by atoms with Gasteiger partial charge in [-0.1, -0.05) is 13.8 Å². The summed E-state index contributed by atoms with van der Waals surface area (Å²) in [4.78, 5) is 13.9. The van der Waals surface area contributed by atoms with Gasteiger partial charge in [0.15, 0.2) is 0 Å². The van der Waals surface area contributed by atoms with Crippen molar-refractivity contribution >= 4 is 5.97 Å². The number of rotatable bonds is 4. The highest BCUT2D eigenvalue weighted by Gasteiger charge is 2.53. The molecule has 1 saturated heterocycles. The highest BCUT2D eigenvalue weighted by molar-refractivity contribution is 5.68. The third-order valence-corrected chi connectivity index (χ3v) is 3.74. The van der Waals surface area contributed by atoms with Crippen molar-refractivity contribution < 1.29 is 14.6 Å². The summed E-state index contributed by atoms with van der Waals surface area (Å²) in [5, 5.41) is 8.98. The van der Waals surface area contributed by atoms with Gasteiger partial charge in [0, 0.05) is 17.8 Å². The van der Waals surface area contributed by atoms with Crippen LogP contribution in [-0.4, -0.2) is 29.3 Å². The molecule has 16 heavy (non-hydrogen) atoms. The van der Waals surface area contributed by atoms with Crippen LogP contribution in [0.4, 0.5) is 0 Å². The fourth-order valence-electron chi connectivity index (χ4n) is 2.42. The van der Waals surface area contributed by atoms with Crippen LogP contribution in [0.1, 0.15) is 25.8 Å². The van der Waals surface area contributed by atoms with Gasteiger partial charge in [-0.15, -0.1) is 0 Å². The number of aromatic amines is 1. The van der Waals surface area contributed by atoms with Gasteiger partial charge in [-0.05, 0) is 17.0 Å². The third-order valence-electron chi connectivity index (χ3n) is 3.74. The van der Waals surface area contributed by atoms with Crippen molar-refractivity contribution in [2.45, 2.75) is 25.7 Å². The molecule has 0 atom stereocenters. The molecular weight excluding hydrogens is 206 g/mol. The fourth-order valence-corrected chi connectivity index (χ4v) is 2.42. The molecule has 0 amide bonds. The number of H-pyrrole nitrogens is 1. The van der Waals surface area contributed by atoms with Crippen LogP contribution in [-0.2, 0) is 14.9 Å². The average molecular weight is 223 g/mol. The van der Waals surface area contributed by atoms with Crippen molar-refractivity contribution in [1.82, 2.24) is 4.98 Å². The van der Waals surface area contributed by atoms with E-state index in [0.717, 1.165) is 5.56 Å². The van der Waals surface area contributed by atoms with Crippen molar-refractivity contribution in [3.05, 3.63) is 24.0 Å². The predicted octanol–water partition coefficient (Wildman–Crippen LogP) is 1.78. The number of hydrogen-bond acceptors (Lipinski definition) is 2. The quantitative estimate of drug-likeness (QED) is 0.818. The number of hydrogen-bond donors (Lipinski definition) is 2. The fraction of sp³-hybridized carbons (Fsp3) is 0.583. The summed E-state index contributed by atoms with van der Waals surface area (Å²) in [6.07, 6.45) is 3.96. The molecule has 0 aliphatic carbocycles. The van der Waals surface area contributed by atoms with Gasteiger partial charge in [-0.3, -0.25) is 4.79 Å². The van der Waals surface area contributed by atoms with E-state index < -0.39 is 5.97 Å². The van der Waals surface area contributed by atoms with E-state index >= 15 is 0 Å². The first-order valence-electron chi connectivity index (χ1n) is 5.41. The maximum absolute atomic E-state index is 10.9. The average Bonchev–Trinajstić information content (AvgIpc) is 2.50. The molecule has 2 N–H and O–H groups in total. The minimum absolute atomic E-state index is 0.154. The Labute approximate surface area is 94.6 Å². The summed E-state index contributed by atoms with van der Waals surface area (Å²) < 4.78 is 5.32. The van der Waals surface area contributed by atoms with Crippen molar-refractivity contribution in [3.8, 4) is 0 Å². The van der Waals surface area contributed by atoms with Crippen LogP contribution in [0.2, 0.25) is 0 Å². The number of aliphatic carboxylic acids is 1. The Morgan fingerprint density at radius 2 is 2.31 bits per heavy atom. The van der Waals surface area contributed by atoms with Gasteiger partial charge < -0.3 is 14.8 Å². The normalized spacial score (nSPS) is 19.1. The molecule has 0 spiro atoms. The van der Waals surface area contributed by atoms with Crippen LogP contribution in [0.15, 0.2) is 18.5 Å². The van der Waals surface area contributed by atoms with Crippen molar-refractivity contribution in [3.63, 3.8) is 0 Å². The summed E-state index contributed by atoms with van der Waals surface area (Å²) in [6, 6.07) is 2.01. The van der Waals surface area contributed by atoms with E-state index in [1.165, 1.54) is 0 Å². The zero-order valence-corrected chi connectivity index (χ0v) is 9.62. The Hall–Kier alpha value is -1.29. The third kappa shape index (κ3) is 1.53. The molecule has 1 aromatic rings. The number of aromatic nitrogens is 1. The zero-order chi connectivity index (χ0) is 11.8. The van der Waals surface area contributed by atoms with E-state index in [9.17, 15) is 4.79 Å². The van der Waals surface area contributed by atoms with E-state index in [1.807, 2.05) is 32.3 Å². The van der Waals surface area contributed by atoms with Gasteiger partial charge >= 0.3 is 5.97 Å². The van der Waals surface area contributed by atoms with E-state index in [2.05, 4.69) is 4.98 Å². The smallest absolute Gasteiger partial charge is 0.303 e. The maximum Gasteiger partial charge on any atom is 0.303 e. The summed E-state index contributed by atoms with van der Waals surface area (Å²) in [5.74, 6) is -0.758. The molecule has 4 nitrogen and oxygen atoms in total. The summed E-state index contributed by atoms with van der Waals surface area (Å²) >= 11 is 0. The standard InChI is InChI=1S/C12H17NO3/c1-11(2,5-10(14)15)12(7-16-8-12)9-3-4-13-6-9/h3-4,6,13H,5,7-8H2,1-2H3,(H,14,15). The number of carbonyl (C=O) groups is 1. The molecule has 0 unspecified atom stereocenters. The second-order valence-corrected chi connectivity index (χ2v) is 5.13. The molecule has 2 heterocycles. The lowest BCUT2D eigenvalue weighted by Gasteiger charge is -2.51. The molecular formula is C12H17NO3. The summed E-state index contributed by atoms with van der Waals surface area (Å²) in [7, 11) is 0. The monoisotopic (exact) mass is 223 g/mol. The molecule has 2 rings (SSSR count). The number of carboxylic acids is 1. The van der Waals surface area contributed by atoms with Crippen molar-refractivity contribution in [2.24, 2.45) is 5.41 Å². The van der Waals surface area contributed by atoms with Gasteiger partial charge in [0.1, 0.15) is 0 Å². The Morgan fingerprint density at radius 1 is 1.62 bits per heavy atom. The van der Waals surface area contributed by atoms with E-state index in [0.29, 0.717) is 13.2 Å². The molecule has 1 aliphatic rings. The largest absolute Gasteiger partial charge is 0.481 e. The summed E-state index contributed by atoms with van der Waals surface area (Å²) in [6.45, 7) is 5.20. The lowest BCUT2D eigenvalue weighted by atomic mass is 9.59. The molecule has 1 aliphatic heterocycles. The number of carboxylic acid groups (broad SMARTS) is 1. The maximum atomic E-state index is 10.9. The van der Waals surface area contributed by atoms with Gasteiger partial charge in [0.25, 0.3) is 0 Å². The lowest BCUT2D eigenvalue weighted by molar-refractivity contribution is -0.151. The molecule has 0 bridgehead atoms. The van der Waals surface area contributed by atoms with Crippen molar-refractivity contribution in [2.75, 3.05) is 13.2 Å². The van der Waals surface area contributed by atoms with Gasteiger partial charge in [-0.2, -0.15) is 0 Å². The van der Waals surface area contributed by atoms with Crippen LogP contribution in [0, 0.1) is 5.41 Å². The first-order chi connectivity index (χ1) is 7.48. The minimum Gasteiger partial charge on any atom is -0.481 e. The number of nitrogens with one attached hydrogen (secondary N) is 1. The van der Waals surface area contributed by atoms with Crippen LogP contribution < -0.4 is 0 Å². The van der Waals surface area contributed by atoms with Crippen molar-refractivity contribution in [1.29, 1.82) is 0 Å². The van der Waals surface area contributed by atoms with E-state index in [-0.39, 0.29) is 17.3 Å². The highest BCUT2D eigenvalue weighted by Crippen LogP contribution is 2.49. The Bertz CT molecular complexity index is 377. The second kappa shape index (κ2) is 3.63. The topological polar surface area (TPSA) is 62.3 Å². The number of ether oxygens (including phenoxy) is 1.